The van der Waals surface area contributed by atoms with Crippen LogP contribution in [0.1, 0.15) is 22.1 Å². The first-order chi connectivity index (χ1) is 8.56. The molecule has 0 atom stereocenters. The number of hydrogen-bond acceptors (Lipinski definition) is 5. The van der Waals surface area contributed by atoms with E-state index in [0.717, 1.165) is 0 Å². The highest BCUT2D eigenvalue weighted by Gasteiger charge is 2.10. The number of amides is 1. The van der Waals surface area contributed by atoms with E-state index in [1.54, 1.807) is 19.1 Å². The summed E-state index contributed by atoms with van der Waals surface area (Å²) >= 11 is 1.98. The van der Waals surface area contributed by atoms with Crippen molar-refractivity contribution in [1.29, 1.82) is 0 Å². The molecule has 0 saturated carbocycles. The monoisotopic (exact) mass is 359 g/mol. The molecule has 2 N–H and O–H groups in total. The second-order valence-electron chi connectivity index (χ2n) is 3.58. The number of rotatable bonds is 3. The first kappa shape index (κ1) is 12.8. The van der Waals surface area contributed by atoms with Gasteiger partial charge < -0.3 is 14.9 Å². The lowest BCUT2D eigenvalue weighted by atomic mass is 10.2. The maximum absolute atomic E-state index is 11.8. The summed E-state index contributed by atoms with van der Waals surface area (Å²) in [4.78, 5) is 15.7. The zero-order valence-corrected chi connectivity index (χ0v) is 11.6. The normalized spacial score (nSPS) is 10.3. The number of nitrogens with one attached hydrogen (secondary N) is 1. The maximum atomic E-state index is 11.8. The van der Waals surface area contributed by atoms with Crippen LogP contribution in [0.2, 0.25) is 0 Å². The van der Waals surface area contributed by atoms with E-state index in [2.05, 4.69) is 15.5 Å². The van der Waals surface area contributed by atoms with E-state index in [-0.39, 0.29) is 18.2 Å². The number of carbonyl (C=O) groups is 1. The Labute approximate surface area is 117 Å². The Morgan fingerprint density at radius 2 is 2.33 bits per heavy atom. The van der Waals surface area contributed by atoms with Gasteiger partial charge in [-0.3, -0.25) is 4.79 Å². The Morgan fingerprint density at radius 3 is 2.94 bits per heavy atom. The number of aromatic nitrogens is 2. The SMILES string of the molecule is Cc1noc(CNC(=O)c2ccc(I)c(O)c2)n1. The van der Waals surface area contributed by atoms with Gasteiger partial charge in [0.25, 0.3) is 5.91 Å². The van der Waals surface area contributed by atoms with Crippen molar-refractivity contribution in [3.05, 3.63) is 39.0 Å². The highest BCUT2D eigenvalue weighted by Crippen LogP contribution is 2.20. The maximum Gasteiger partial charge on any atom is 0.251 e. The van der Waals surface area contributed by atoms with Gasteiger partial charge in [0.2, 0.25) is 5.89 Å². The number of halogens is 1. The van der Waals surface area contributed by atoms with Crippen molar-refractivity contribution >= 4 is 28.5 Å². The van der Waals surface area contributed by atoms with Gasteiger partial charge in [0.05, 0.1) is 10.1 Å². The van der Waals surface area contributed by atoms with E-state index in [4.69, 9.17) is 4.52 Å². The van der Waals surface area contributed by atoms with Crippen molar-refractivity contribution in [3.8, 4) is 5.75 Å². The lowest BCUT2D eigenvalue weighted by Crippen LogP contribution is -2.22. The minimum atomic E-state index is -0.308. The summed E-state index contributed by atoms with van der Waals surface area (Å²) in [6.07, 6.45) is 0. The number of carbonyl (C=O) groups excluding carboxylic acids is 1. The van der Waals surface area contributed by atoms with Crippen molar-refractivity contribution in [2.45, 2.75) is 13.5 Å². The van der Waals surface area contributed by atoms with Crippen LogP contribution in [0.25, 0.3) is 0 Å². The lowest BCUT2D eigenvalue weighted by Gasteiger charge is -2.03. The van der Waals surface area contributed by atoms with Crippen molar-refractivity contribution in [2.75, 3.05) is 0 Å². The highest BCUT2D eigenvalue weighted by atomic mass is 127. The van der Waals surface area contributed by atoms with E-state index in [1.165, 1.54) is 6.07 Å². The van der Waals surface area contributed by atoms with Gasteiger partial charge in [0.1, 0.15) is 5.75 Å². The summed E-state index contributed by atoms with van der Waals surface area (Å²) in [6, 6.07) is 4.72. The van der Waals surface area contributed by atoms with Crippen LogP contribution in [0.4, 0.5) is 0 Å². The number of nitrogens with zero attached hydrogens (tertiary/aromatic N) is 2. The molecule has 1 aromatic carbocycles. The summed E-state index contributed by atoms with van der Waals surface area (Å²) in [5.74, 6) is 0.635. The molecule has 0 unspecified atom stereocenters. The molecule has 7 heteroatoms. The molecule has 0 aliphatic carbocycles. The summed E-state index contributed by atoms with van der Waals surface area (Å²) < 4.78 is 5.56. The predicted molar refractivity (Wildman–Crippen MR) is 71.0 cm³/mol. The summed E-state index contributed by atoms with van der Waals surface area (Å²) in [5, 5.41) is 15.8. The average molecular weight is 359 g/mol. The summed E-state index contributed by atoms with van der Waals surface area (Å²) in [5.41, 5.74) is 0.379. The molecule has 1 heterocycles. The lowest BCUT2D eigenvalue weighted by molar-refractivity contribution is 0.0946. The van der Waals surface area contributed by atoms with E-state index >= 15 is 0 Å². The number of aryl methyl sites for hydroxylation is 1. The molecule has 2 rings (SSSR count). The molecule has 0 bridgehead atoms. The molecule has 1 amide bonds. The molecule has 0 aliphatic heterocycles. The molecule has 0 saturated heterocycles. The molecule has 94 valence electrons. The van der Waals surface area contributed by atoms with Crippen LogP contribution in [0.5, 0.6) is 5.75 Å². The van der Waals surface area contributed by atoms with Crippen molar-refractivity contribution in [3.63, 3.8) is 0 Å². The molecular weight excluding hydrogens is 349 g/mol. The van der Waals surface area contributed by atoms with Gasteiger partial charge in [0.15, 0.2) is 5.82 Å². The predicted octanol–water partition coefficient (Wildman–Crippen LogP) is 1.62. The number of benzene rings is 1. The standard InChI is InChI=1S/C11H10IN3O3/c1-6-14-10(18-15-6)5-13-11(17)7-2-3-8(12)9(16)4-7/h2-4,16H,5H2,1H3,(H,13,17). The van der Waals surface area contributed by atoms with Crippen LogP contribution in [-0.2, 0) is 6.54 Å². The van der Waals surface area contributed by atoms with Crippen molar-refractivity contribution in [2.24, 2.45) is 0 Å². The fourth-order valence-electron chi connectivity index (χ4n) is 1.32. The van der Waals surface area contributed by atoms with Gasteiger partial charge in [-0.25, -0.2) is 0 Å². The molecule has 1 aromatic heterocycles. The molecule has 0 radical (unpaired) electrons. The zero-order valence-electron chi connectivity index (χ0n) is 9.48. The van der Waals surface area contributed by atoms with Gasteiger partial charge in [-0.2, -0.15) is 4.98 Å². The van der Waals surface area contributed by atoms with Crippen molar-refractivity contribution < 1.29 is 14.4 Å². The molecule has 0 fully saturated rings. The molecular formula is C11H10IN3O3. The van der Waals surface area contributed by atoms with Crippen LogP contribution in [0.15, 0.2) is 22.7 Å². The molecule has 18 heavy (non-hydrogen) atoms. The third-order valence-electron chi connectivity index (χ3n) is 2.18. The first-order valence-corrected chi connectivity index (χ1v) is 6.20. The Kier molecular flexibility index (Phi) is 3.80. The number of aromatic hydroxyl groups is 1. The van der Waals surface area contributed by atoms with E-state index in [9.17, 15) is 9.90 Å². The van der Waals surface area contributed by atoms with E-state index < -0.39 is 0 Å². The largest absolute Gasteiger partial charge is 0.507 e. The van der Waals surface area contributed by atoms with Crippen LogP contribution < -0.4 is 5.32 Å². The molecule has 0 spiro atoms. The fraction of sp³-hybridized carbons (Fsp3) is 0.182. The smallest absolute Gasteiger partial charge is 0.251 e. The second kappa shape index (κ2) is 5.34. The van der Waals surface area contributed by atoms with Gasteiger partial charge in [-0.1, -0.05) is 5.16 Å². The second-order valence-corrected chi connectivity index (χ2v) is 4.75. The minimum Gasteiger partial charge on any atom is -0.507 e. The first-order valence-electron chi connectivity index (χ1n) is 5.12. The summed E-state index contributed by atoms with van der Waals surface area (Å²) in [7, 11) is 0. The van der Waals surface area contributed by atoms with Crippen LogP contribution in [0, 0.1) is 10.5 Å². The Morgan fingerprint density at radius 1 is 1.56 bits per heavy atom. The quantitative estimate of drug-likeness (QED) is 0.814. The van der Waals surface area contributed by atoms with Gasteiger partial charge in [-0.15, -0.1) is 0 Å². The van der Waals surface area contributed by atoms with Gasteiger partial charge in [-0.05, 0) is 47.7 Å². The fourth-order valence-corrected chi connectivity index (χ4v) is 1.66. The Bertz CT molecular complexity index is 583. The Hall–Kier alpha value is -1.64. The van der Waals surface area contributed by atoms with Crippen molar-refractivity contribution in [1.82, 2.24) is 15.5 Å². The van der Waals surface area contributed by atoms with E-state index in [1.807, 2.05) is 22.6 Å². The summed E-state index contributed by atoms with van der Waals surface area (Å²) in [6.45, 7) is 1.86. The van der Waals surface area contributed by atoms with Gasteiger partial charge in [0, 0.05) is 5.56 Å². The zero-order chi connectivity index (χ0) is 13.1. The molecule has 2 aromatic rings. The van der Waals surface area contributed by atoms with Crippen LogP contribution in [-0.4, -0.2) is 21.2 Å². The third kappa shape index (κ3) is 2.97. The number of phenolic OH excluding ortho intramolecular Hbond substituents is 1. The number of hydrogen-bond donors (Lipinski definition) is 2. The van der Waals surface area contributed by atoms with Gasteiger partial charge >= 0.3 is 0 Å². The minimum absolute atomic E-state index is 0.0804. The number of phenols is 1. The average Bonchev–Trinajstić information content (AvgIpc) is 2.75. The van der Waals surface area contributed by atoms with Crippen LogP contribution >= 0.6 is 22.6 Å². The topological polar surface area (TPSA) is 88.2 Å². The Balaban J connectivity index is 2.01. The third-order valence-corrected chi connectivity index (χ3v) is 3.09. The highest BCUT2D eigenvalue weighted by molar-refractivity contribution is 14.1. The molecule has 6 nitrogen and oxygen atoms in total. The van der Waals surface area contributed by atoms with E-state index in [0.29, 0.717) is 20.8 Å². The molecule has 0 aliphatic rings. The van der Waals surface area contributed by atoms with Crippen LogP contribution in [0.3, 0.4) is 0 Å².